The summed E-state index contributed by atoms with van der Waals surface area (Å²) in [7, 11) is 0. The Labute approximate surface area is 259 Å². The lowest BCUT2D eigenvalue weighted by Crippen LogP contribution is -2.55. The fourth-order valence-corrected chi connectivity index (χ4v) is 7.43. The molecular weight excluding hydrogens is 556 g/mol. The van der Waals surface area contributed by atoms with Crippen molar-refractivity contribution in [2.75, 3.05) is 49.1 Å². The standard InChI is InChI=1S/C35H42N4O5/c1-3-36(4-2)26-15-17-27(18-16-26)38-22-11-19-35-30(33(42)39(21-8-9-23-40)31(35)34(38)43)29-28(44-35)14-10-20-37(32(29)41)24-25-12-6-5-7-13-25/h5-7,10-19,28-31,40H,3-4,8-9,20-24H2,1-2H3/t28-,29+,30+,31?,35+/m1/s1. The molecule has 0 bridgehead atoms. The van der Waals surface area contributed by atoms with Crippen LogP contribution < -0.4 is 9.80 Å². The second-order valence-corrected chi connectivity index (χ2v) is 12.0. The Bertz CT molecular complexity index is 1420. The Kier molecular flexibility index (Phi) is 8.60. The van der Waals surface area contributed by atoms with Crippen molar-refractivity contribution in [1.82, 2.24) is 9.80 Å². The van der Waals surface area contributed by atoms with Crippen LogP contribution in [-0.4, -0.2) is 89.7 Å². The summed E-state index contributed by atoms with van der Waals surface area (Å²) >= 11 is 0. The van der Waals surface area contributed by atoms with Crippen LogP contribution in [0.5, 0.6) is 0 Å². The molecule has 5 atom stereocenters. The highest BCUT2D eigenvalue weighted by molar-refractivity contribution is 6.05. The summed E-state index contributed by atoms with van der Waals surface area (Å²) in [6.45, 7) is 7.47. The van der Waals surface area contributed by atoms with Crippen LogP contribution in [0.3, 0.4) is 0 Å². The number of likely N-dealkylation sites (tertiary alicyclic amines) is 1. The van der Waals surface area contributed by atoms with E-state index in [4.69, 9.17) is 4.74 Å². The van der Waals surface area contributed by atoms with E-state index in [-0.39, 0.29) is 24.3 Å². The highest BCUT2D eigenvalue weighted by atomic mass is 16.5. The minimum Gasteiger partial charge on any atom is -0.396 e. The molecule has 0 saturated carbocycles. The molecule has 0 radical (unpaired) electrons. The van der Waals surface area contributed by atoms with Gasteiger partial charge in [-0.1, -0.05) is 54.6 Å². The molecular formula is C35H42N4O5. The van der Waals surface area contributed by atoms with E-state index in [0.29, 0.717) is 39.0 Å². The van der Waals surface area contributed by atoms with Crippen molar-refractivity contribution in [3.63, 3.8) is 0 Å². The van der Waals surface area contributed by atoms with Crippen molar-refractivity contribution in [1.29, 1.82) is 0 Å². The van der Waals surface area contributed by atoms with Crippen LogP contribution in [0, 0.1) is 11.8 Å². The second-order valence-electron chi connectivity index (χ2n) is 12.0. The Morgan fingerprint density at radius 2 is 1.66 bits per heavy atom. The smallest absolute Gasteiger partial charge is 0.253 e. The number of rotatable bonds is 10. The minimum atomic E-state index is -1.27. The average molecular weight is 599 g/mol. The predicted octanol–water partition coefficient (Wildman–Crippen LogP) is 3.39. The van der Waals surface area contributed by atoms with E-state index in [1.807, 2.05) is 78.9 Å². The van der Waals surface area contributed by atoms with Crippen molar-refractivity contribution in [2.45, 2.75) is 51.0 Å². The SMILES string of the molecule is CCN(CC)c1ccc(N2CC=C[C@]34O[C@@H]5C=CCN(Cc6ccccc6)C(=O)[C@@H]5[C@H]3C(=O)N(CCCCO)C4C2=O)cc1. The zero-order chi connectivity index (χ0) is 30.8. The summed E-state index contributed by atoms with van der Waals surface area (Å²) in [4.78, 5) is 50.6. The molecule has 1 unspecified atom stereocenters. The van der Waals surface area contributed by atoms with E-state index in [0.717, 1.165) is 30.0 Å². The van der Waals surface area contributed by atoms with Gasteiger partial charge in [-0.3, -0.25) is 14.4 Å². The fourth-order valence-electron chi connectivity index (χ4n) is 7.43. The number of carbonyl (C=O) groups is 3. The van der Waals surface area contributed by atoms with Crippen LogP contribution in [0.1, 0.15) is 32.3 Å². The lowest BCUT2D eigenvalue weighted by Gasteiger charge is -2.35. The van der Waals surface area contributed by atoms with Crippen LogP contribution in [-0.2, 0) is 25.7 Å². The van der Waals surface area contributed by atoms with Crippen molar-refractivity contribution < 1.29 is 24.2 Å². The zero-order valence-corrected chi connectivity index (χ0v) is 25.5. The molecule has 232 valence electrons. The van der Waals surface area contributed by atoms with Crippen LogP contribution in [0.25, 0.3) is 0 Å². The van der Waals surface area contributed by atoms with E-state index in [1.54, 1.807) is 14.7 Å². The third kappa shape index (κ3) is 5.12. The summed E-state index contributed by atoms with van der Waals surface area (Å²) in [5.74, 6) is -2.16. The normalized spacial score (nSPS) is 27.7. The number of carbonyl (C=O) groups excluding carboxylic acids is 3. The fraction of sp³-hybridized carbons (Fsp3) is 0.457. The van der Waals surface area contributed by atoms with Crippen LogP contribution >= 0.6 is 0 Å². The molecule has 0 aromatic heterocycles. The lowest BCUT2D eigenvalue weighted by atomic mass is 9.77. The van der Waals surface area contributed by atoms with Crippen molar-refractivity contribution in [2.24, 2.45) is 11.8 Å². The van der Waals surface area contributed by atoms with E-state index < -0.39 is 29.6 Å². The van der Waals surface area contributed by atoms with E-state index >= 15 is 0 Å². The number of benzene rings is 2. The summed E-state index contributed by atoms with van der Waals surface area (Å²) < 4.78 is 6.76. The topological polar surface area (TPSA) is 93.6 Å². The molecule has 44 heavy (non-hydrogen) atoms. The molecule has 0 aliphatic carbocycles. The maximum Gasteiger partial charge on any atom is 0.253 e. The quantitative estimate of drug-likeness (QED) is 0.333. The monoisotopic (exact) mass is 598 g/mol. The molecule has 9 nitrogen and oxygen atoms in total. The van der Waals surface area contributed by atoms with Gasteiger partial charge in [-0.25, -0.2) is 0 Å². The van der Waals surface area contributed by atoms with Gasteiger partial charge in [-0.05, 0) is 56.5 Å². The number of aliphatic hydroxyl groups is 1. The number of unbranched alkanes of at least 4 members (excludes halogenated alkanes) is 1. The molecule has 4 aliphatic heterocycles. The number of fused-ring (bicyclic) bond motifs is 2. The summed E-state index contributed by atoms with van der Waals surface area (Å²) in [6, 6.07) is 16.9. The average Bonchev–Trinajstić information content (AvgIpc) is 3.35. The molecule has 1 N–H and O–H groups in total. The Morgan fingerprint density at radius 1 is 0.909 bits per heavy atom. The number of amides is 3. The van der Waals surface area contributed by atoms with Gasteiger partial charge in [0.2, 0.25) is 11.8 Å². The predicted molar refractivity (Wildman–Crippen MR) is 169 cm³/mol. The van der Waals surface area contributed by atoms with Crippen molar-refractivity contribution >= 4 is 29.1 Å². The number of ether oxygens (including phenoxy) is 1. The molecule has 4 heterocycles. The van der Waals surface area contributed by atoms with Gasteiger partial charge in [-0.15, -0.1) is 0 Å². The number of aliphatic hydroxyl groups excluding tert-OH is 1. The number of nitrogens with zero attached hydrogens (tertiary/aromatic N) is 4. The van der Waals surface area contributed by atoms with E-state index in [9.17, 15) is 19.5 Å². The van der Waals surface area contributed by atoms with Gasteiger partial charge in [0.25, 0.3) is 5.91 Å². The summed E-state index contributed by atoms with van der Waals surface area (Å²) in [6.07, 6.45) is 8.06. The Morgan fingerprint density at radius 3 is 2.36 bits per heavy atom. The van der Waals surface area contributed by atoms with Crippen LogP contribution in [0.4, 0.5) is 11.4 Å². The number of anilines is 2. The van der Waals surface area contributed by atoms with Gasteiger partial charge in [0, 0.05) is 57.3 Å². The lowest BCUT2D eigenvalue weighted by molar-refractivity contribution is -0.144. The zero-order valence-electron chi connectivity index (χ0n) is 25.5. The maximum atomic E-state index is 14.6. The molecule has 2 fully saturated rings. The maximum absolute atomic E-state index is 14.6. The van der Waals surface area contributed by atoms with Gasteiger partial charge in [0.05, 0.1) is 17.9 Å². The summed E-state index contributed by atoms with van der Waals surface area (Å²) in [5.41, 5.74) is 1.57. The molecule has 6 rings (SSSR count). The molecule has 1 spiro atoms. The second kappa shape index (κ2) is 12.6. The first-order valence-electron chi connectivity index (χ1n) is 15.9. The third-order valence-corrected chi connectivity index (χ3v) is 9.56. The van der Waals surface area contributed by atoms with Crippen molar-refractivity contribution in [3.8, 4) is 0 Å². The highest BCUT2D eigenvalue weighted by Crippen LogP contribution is 2.53. The molecule has 2 saturated heterocycles. The number of hydrogen-bond donors (Lipinski definition) is 1. The first kappa shape index (κ1) is 30.1. The van der Waals surface area contributed by atoms with Gasteiger partial charge < -0.3 is 29.4 Å². The van der Waals surface area contributed by atoms with Gasteiger partial charge in [0.1, 0.15) is 11.6 Å². The van der Waals surface area contributed by atoms with E-state index in [2.05, 4.69) is 18.7 Å². The first-order valence-corrected chi connectivity index (χ1v) is 15.9. The molecule has 4 aliphatic rings. The molecule has 2 aromatic carbocycles. The number of hydrogen-bond acceptors (Lipinski definition) is 6. The highest BCUT2D eigenvalue weighted by Gasteiger charge is 2.71. The molecule has 3 amide bonds. The van der Waals surface area contributed by atoms with Crippen LogP contribution in [0.2, 0.25) is 0 Å². The Balaban J connectivity index is 1.35. The van der Waals surface area contributed by atoms with Gasteiger partial charge >= 0.3 is 0 Å². The van der Waals surface area contributed by atoms with Crippen molar-refractivity contribution in [3.05, 3.63) is 84.5 Å². The molecule has 2 aromatic rings. The van der Waals surface area contributed by atoms with Gasteiger partial charge in [0.15, 0.2) is 0 Å². The third-order valence-electron chi connectivity index (χ3n) is 9.56. The Hall–Kier alpha value is -3.95. The summed E-state index contributed by atoms with van der Waals surface area (Å²) in [5, 5.41) is 9.48. The molecule has 9 heteroatoms. The van der Waals surface area contributed by atoms with Crippen LogP contribution in [0.15, 0.2) is 78.9 Å². The largest absolute Gasteiger partial charge is 0.396 e. The minimum absolute atomic E-state index is 0.000938. The van der Waals surface area contributed by atoms with Gasteiger partial charge in [-0.2, -0.15) is 0 Å². The van der Waals surface area contributed by atoms with E-state index in [1.165, 1.54) is 0 Å². The first-order chi connectivity index (χ1) is 21.4.